The molecule has 2 rings (SSSR count). The van der Waals surface area contributed by atoms with E-state index >= 15 is 0 Å². The summed E-state index contributed by atoms with van der Waals surface area (Å²) in [6.45, 7) is -0.182. The zero-order valence-electron chi connectivity index (χ0n) is 6.47. The highest BCUT2D eigenvalue weighted by atomic mass is 16.7. The number of hydrogen-bond acceptors (Lipinski definition) is 3. The number of aliphatic hydroxyl groups excluding tert-OH is 2. The first-order valence-corrected chi connectivity index (χ1v) is 3.82. The molecule has 0 radical (unpaired) electrons. The summed E-state index contributed by atoms with van der Waals surface area (Å²) in [4.78, 5) is 0. The van der Waals surface area contributed by atoms with Crippen molar-refractivity contribution in [1.29, 1.82) is 0 Å². The molecule has 0 saturated carbocycles. The SMILES string of the molecule is OC[C@@]1(c2ccccc2)OC1O. The van der Waals surface area contributed by atoms with Gasteiger partial charge in [0.15, 0.2) is 11.9 Å². The van der Waals surface area contributed by atoms with Crippen molar-refractivity contribution >= 4 is 0 Å². The highest BCUT2D eigenvalue weighted by molar-refractivity contribution is 5.27. The third kappa shape index (κ3) is 0.948. The summed E-state index contributed by atoms with van der Waals surface area (Å²) < 4.78 is 4.95. The van der Waals surface area contributed by atoms with E-state index in [1.54, 1.807) is 0 Å². The Kier molecular flexibility index (Phi) is 1.65. The van der Waals surface area contributed by atoms with Crippen LogP contribution in [0, 0.1) is 0 Å². The first-order valence-electron chi connectivity index (χ1n) is 3.82. The van der Waals surface area contributed by atoms with Gasteiger partial charge in [0, 0.05) is 0 Å². The van der Waals surface area contributed by atoms with Gasteiger partial charge in [0.2, 0.25) is 0 Å². The molecule has 2 N–H and O–H groups in total. The lowest BCUT2D eigenvalue weighted by molar-refractivity contribution is 0.149. The van der Waals surface area contributed by atoms with E-state index in [4.69, 9.17) is 14.9 Å². The molecule has 0 aliphatic carbocycles. The van der Waals surface area contributed by atoms with Crippen LogP contribution >= 0.6 is 0 Å². The molecule has 0 aromatic heterocycles. The van der Waals surface area contributed by atoms with Crippen LogP contribution in [0.3, 0.4) is 0 Å². The Bertz CT molecular complexity index is 268. The monoisotopic (exact) mass is 166 g/mol. The van der Waals surface area contributed by atoms with E-state index < -0.39 is 11.9 Å². The Morgan fingerprint density at radius 2 is 1.92 bits per heavy atom. The molecule has 64 valence electrons. The van der Waals surface area contributed by atoms with Crippen molar-refractivity contribution < 1.29 is 14.9 Å². The van der Waals surface area contributed by atoms with Crippen LogP contribution in [0.2, 0.25) is 0 Å². The molecular formula is C9H10O3. The minimum absolute atomic E-state index is 0.182. The Labute approximate surface area is 70.2 Å². The molecular weight excluding hydrogens is 156 g/mol. The first-order chi connectivity index (χ1) is 5.79. The zero-order valence-corrected chi connectivity index (χ0v) is 6.47. The van der Waals surface area contributed by atoms with Crippen molar-refractivity contribution in [2.75, 3.05) is 6.61 Å². The molecule has 0 amide bonds. The van der Waals surface area contributed by atoms with Crippen molar-refractivity contribution in [3.05, 3.63) is 35.9 Å². The fourth-order valence-electron chi connectivity index (χ4n) is 1.30. The molecule has 1 aromatic rings. The van der Waals surface area contributed by atoms with Gasteiger partial charge in [0.1, 0.15) is 0 Å². The highest BCUT2D eigenvalue weighted by Gasteiger charge is 2.57. The lowest BCUT2D eigenvalue weighted by Gasteiger charge is -2.06. The predicted octanol–water partition coefficient (Wildman–Crippen LogP) is 0.223. The van der Waals surface area contributed by atoms with Crippen molar-refractivity contribution in [2.24, 2.45) is 0 Å². The van der Waals surface area contributed by atoms with Crippen LogP contribution in [-0.2, 0) is 10.3 Å². The van der Waals surface area contributed by atoms with Crippen LogP contribution in [0.1, 0.15) is 5.56 Å². The number of aliphatic hydroxyl groups is 2. The maximum absolute atomic E-state index is 9.15. The van der Waals surface area contributed by atoms with Crippen molar-refractivity contribution in [3.8, 4) is 0 Å². The molecule has 1 unspecified atom stereocenters. The second kappa shape index (κ2) is 2.55. The van der Waals surface area contributed by atoms with Gasteiger partial charge in [-0.15, -0.1) is 0 Å². The van der Waals surface area contributed by atoms with Gasteiger partial charge in [0.05, 0.1) is 6.61 Å². The number of benzene rings is 1. The molecule has 1 heterocycles. The van der Waals surface area contributed by atoms with E-state index in [-0.39, 0.29) is 6.61 Å². The molecule has 1 aliphatic heterocycles. The molecule has 3 nitrogen and oxygen atoms in total. The summed E-state index contributed by atoms with van der Waals surface area (Å²) in [5.41, 5.74) is -0.0265. The second-order valence-electron chi connectivity index (χ2n) is 2.88. The normalized spacial score (nSPS) is 33.3. The van der Waals surface area contributed by atoms with Crippen LogP contribution in [0.4, 0.5) is 0 Å². The topological polar surface area (TPSA) is 53.0 Å². The van der Waals surface area contributed by atoms with E-state index in [9.17, 15) is 0 Å². The molecule has 1 aliphatic rings. The summed E-state index contributed by atoms with van der Waals surface area (Å²) in [5, 5.41) is 18.1. The van der Waals surface area contributed by atoms with Gasteiger partial charge in [0.25, 0.3) is 0 Å². The predicted molar refractivity (Wildman–Crippen MR) is 42.3 cm³/mol. The van der Waals surface area contributed by atoms with Gasteiger partial charge in [-0.1, -0.05) is 30.3 Å². The molecule has 1 aromatic carbocycles. The number of epoxide rings is 1. The summed E-state index contributed by atoms with van der Waals surface area (Å²) >= 11 is 0. The zero-order chi connectivity index (χ0) is 8.60. The van der Waals surface area contributed by atoms with Gasteiger partial charge < -0.3 is 14.9 Å². The summed E-state index contributed by atoms with van der Waals surface area (Å²) in [6.07, 6.45) is -0.857. The molecule has 0 bridgehead atoms. The minimum Gasteiger partial charge on any atom is -0.393 e. The van der Waals surface area contributed by atoms with Crippen LogP contribution < -0.4 is 0 Å². The smallest absolute Gasteiger partial charge is 0.192 e. The van der Waals surface area contributed by atoms with E-state index in [0.717, 1.165) is 5.56 Å². The average Bonchev–Trinajstić information content (AvgIpc) is 2.80. The van der Waals surface area contributed by atoms with Gasteiger partial charge in [-0.05, 0) is 5.56 Å². The molecule has 3 heteroatoms. The minimum atomic E-state index is -0.857. The van der Waals surface area contributed by atoms with E-state index in [1.807, 2.05) is 30.3 Å². The average molecular weight is 166 g/mol. The van der Waals surface area contributed by atoms with E-state index in [0.29, 0.717) is 0 Å². The van der Waals surface area contributed by atoms with Gasteiger partial charge in [-0.2, -0.15) is 0 Å². The Morgan fingerprint density at radius 1 is 1.33 bits per heavy atom. The fraction of sp³-hybridized carbons (Fsp3) is 0.333. The molecule has 2 atom stereocenters. The van der Waals surface area contributed by atoms with Gasteiger partial charge in [-0.3, -0.25) is 0 Å². The summed E-state index contributed by atoms with van der Waals surface area (Å²) in [7, 11) is 0. The van der Waals surface area contributed by atoms with Crippen LogP contribution in [0.5, 0.6) is 0 Å². The molecule has 0 spiro atoms. The summed E-state index contributed by atoms with van der Waals surface area (Å²) in [5.74, 6) is 0. The quantitative estimate of drug-likeness (QED) is 0.618. The highest BCUT2D eigenvalue weighted by Crippen LogP contribution is 2.43. The Balaban J connectivity index is 2.31. The molecule has 1 fully saturated rings. The van der Waals surface area contributed by atoms with Gasteiger partial charge >= 0.3 is 0 Å². The number of rotatable bonds is 2. The standard InChI is InChI=1S/C9H10O3/c10-6-9(8(11)12-9)7-4-2-1-3-5-7/h1-5,8,10-11H,6H2/t8?,9-/m0/s1. The number of ether oxygens (including phenoxy) is 1. The Morgan fingerprint density at radius 3 is 2.33 bits per heavy atom. The van der Waals surface area contributed by atoms with Crippen molar-refractivity contribution in [3.63, 3.8) is 0 Å². The first kappa shape index (κ1) is 7.73. The lowest BCUT2D eigenvalue weighted by Crippen LogP contribution is -2.17. The Hall–Kier alpha value is -0.900. The molecule has 12 heavy (non-hydrogen) atoms. The van der Waals surface area contributed by atoms with E-state index in [1.165, 1.54) is 0 Å². The van der Waals surface area contributed by atoms with Gasteiger partial charge in [-0.25, -0.2) is 0 Å². The lowest BCUT2D eigenvalue weighted by atomic mass is 10.0. The maximum Gasteiger partial charge on any atom is 0.192 e. The second-order valence-corrected chi connectivity index (χ2v) is 2.88. The largest absolute Gasteiger partial charge is 0.393 e. The summed E-state index contributed by atoms with van der Waals surface area (Å²) in [6, 6.07) is 9.23. The fourth-order valence-corrected chi connectivity index (χ4v) is 1.30. The maximum atomic E-state index is 9.15. The van der Waals surface area contributed by atoms with Crippen LogP contribution in [0.25, 0.3) is 0 Å². The van der Waals surface area contributed by atoms with E-state index in [2.05, 4.69) is 0 Å². The van der Waals surface area contributed by atoms with Crippen molar-refractivity contribution in [2.45, 2.75) is 11.9 Å². The van der Waals surface area contributed by atoms with Crippen LogP contribution in [0.15, 0.2) is 30.3 Å². The number of hydrogen-bond donors (Lipinski definition) is 2. The third-order valence-corrected chi connectivity index (χ3v) is 2.16. The van der Waals surface area contributed by atoms with Crippen LogP contribution in [-0.4, -0.2) is 23.1 Å². The van der Waals surface area contributed by atoms with Crippen molar-refractivity contribution in [1.82, 2.24) is 0 Å². The third-order valence-electron chi connectivity index (χ3n) is 2.16. The molecule has 1 saturated heterocycles.